The Bertz CT molecular complexity index is 3430. The monoisotopic (exact) mass is 735 g/mol. The maximum Gasteiger partial charge on any atom is 0.0810 e. The molecule has 0 radical (unpaired) electrons. The van der Waals surface area contributed by atoms with Crippen LogP contribution in [0.3, 0.4) is 0 Å². The molecule has 0 saturated heterocycles. The van der Waals surface area contributed by atoms with Crippen molar-refractivity contribution in [2.24, 2.45) is 0 Å². The smallest absolute Gasteiger partial charge is 0.0810 e. The molecule has 1 aliphatic rings. The average Bonchev–Trinajstić information content (AvgIpc) is 3.28. The van der Waals surface area contributed by atoms with E-state index < -0.39 is 0 Å². The van der Waals surface area contributed by atoms with Crippen LogP contribution in [0.15, 0.2) is 218 Å². The van der Waals surface area contributed by atoms with Crippen molar-refractivity contribution in [2.75, 3.05) is 4.90 Å². The highest BCUT2D eigenvalue weighted by Gasteiger charge is 2.35. The first kappa shape index (κ1) is 32.7. The Balaban J connectivity index is 1.03. The molecule has 1 nitrogen and oxygen atoms in total. The first-order valence-corrected chi connectivity index (χ1v) is 20.2. The molecule has 1 heterocycles. The first-order chi connectivity index (χ1) is 28.8. The van der Waals surface area contributed by atoms with E-state index in [1.54, 1.807) is 0 Å². The normalized spacial score (nSPS) is 14.1. The van der Waals surface area contributed by atoms with Gasteiger partial charge in [0.25, 0.3) is 0 Å². The van der Waals surface area contributed by atoms with E-state index in [0.717, 1.165) is 0 Å². The fraction of sp³-hybridized carbons (Fsp3) is 0.0175. The summed E-state index contributed by atoms with van der Waals surface area (Å²) in [6, 6.07) is 78.3. The van der Waals surface area contributed by atoms with Gasteiger partial charge < -0.3 is 4.90 Å². The lowest BCUT2D eigenvalue weighted by Crippen LogP contribution is -2.34. The predicted molar refractivity (Wildman–Crippen MR) is 248 cm³/mol. The van der Waals surface area contributed by atoms with Gasteiger partial charge in [-0.1, -0.05) is 188 Å². The Morgan fingerprint density at radius 3 is 1.45 bits per heavy atom. The van der Waals surface area contributed by atoms with Gasteiger partial charge in [-0.2, -0.15) is 0 Å². The van der Waals surface area contributed by atoms with Crippen molar-refractivity contribution >= 4 is 76.0 Å². The van der Waals surface area contributed by atoms with E-state index in [9.17, 15) is 0 Å². The van der Waals surface area contributed by atoms with E-state index in [1.807, 2.05) is 0 Å². The van der Waals surface area contributed by atoms with E-state index in [-0.39, 0.29) is 6.04 Å². The molecule has 0 aliphatic carbocycles. The third-order valence-electron chi connectivity index (χ3n) is 12.5. The van der Waals surface area contributed by atoms with E-state index in [0.29, 0.717) is 0 Å². The van der Waals surface area contributed by atoms with Gasteiger partial charge in [-0.3, -0.25) is 0 Å². The van der Waals surface area contributed by atoms with Gasteiger partial charge in [-0.25, -0.2) is 0 Å². The van der Waals surface area contributed by atoms with Crippen LogP contribution in [0.5, 0.6) is 0 Å². The van der Waals surface area contributed by atoms with Crippen LogP contribution in [0, 0.1) is 0 Å². The Hall–Kier alpha value is -7.48. The van der Waals surface area contributed by atoms with Gasteiger partial charge in [0.05, 0.1) is 6.04 Å². The molecule has 0 amide bonds. The summed E-state index contributed by atoms with van der Waals surface area (Å²) in [4.78, 5) is 2.56. The van der Waals surface area contributed by atoms with Gasteiger partial charge in [0, 0.05) is 11.4 Å². The van der Waals surface area contributed by atoms with Gasteiger partial charge in [0.1, 0.15) is 0 Å². The van der Waals surface area contributed by atoms with Gasteiger partial charge in [-0.05, 0) is 128 Å². The molecule has 0 aromatic heterocycles. The van der Waals surface area contributed by atoms with E-state index in [1.165, 1.54) is 109 Å². The molecule has 1 heteroatoms. The summed E-state index contributed by atoms with van der Waals surface area (Å²) in [5, 5.41) is 15.4. The Morgan fingerprint density at radius 1 is 0.293 bits per heavy atom. The third-order valence-corrected chi connectivity index (χ3v) is 12.5. The van der Waals surface area contributed by atoms with Crippen molar-refractivity contribution in [1.82, 2.24) is 0 Å². The van der Waals surface area contributed by atoms with Crippen LogP contribution in [0.2, 0.25) is 0 Å². The second-order valence-electron chi connectivity index (χ2n) is 15.6. The molecule has 1 unspecified atom stereocenters. The van der Waals surface area contributed by atoms with Gasteiger partial charge in [0.15, 0.2) is 0 Å². The SMILES string of the molecule is C1=C(c2ccc(-c3c4ccccc4cc4c3ccc3ccccc34)cc2)N(c2ccc(-c3ccccc3)cc2)C1c1c2ccccc2cc2c1ccc1ccccc12. The molecule has 58 heavy (non-hydrogen) atoms. The molecule has 0 fully saturated rings. The first-order valence-electron chi connectivity index (χ1n) is 20.2. The number of hydrogen-bond donors (Lipinski definition) is 0. The zero-order valence-corrected chi connectivity index (χ0v) is 31.8. The molecule has 0 bridgehead atoms. The molecule has 0 saturated carbocycles. The Kier molecular flexibility index (Phi) is 7.36. The average molecular weight is 736 g/mol. The number of rotatable bonds is 5. The number of hydrogen-bond acceptors (Lipinski definition) is 1. The fourth-order valence-corrected chi connectivity index (χ4v) is 9.68. The van der Waals surface area contributed by atoms with Crippen LogP contribution in [0.25, 0.3) is 92.6 Å². The van der Waals surface area contributed by atoms with Crippen LogP contribution in [-0.4, -0.2) is 0 Å². The fourth-order valence-electron chi connectivity index (χ4n) is 9.68. The van der Waals surface area contributed by atoms with Crippen LogP contribution in [0.4, 0.5) is 5.69 Å². The molecule has 0 spiro atoms. The maximum absolute atomic E-state index is 2.56. The van der Waals surface area contributed by atoms with Crippen molar-refractivity contribution < 1.29 is 0 Å². The summed E-state index contributed by atoms with van der Waals surface area (Å²) in [7, 11) is 0. The molecule has 1 aliphatic heterocycles. The Labute approximate surface area is 337 Å². The lowest BCUT2D eigenvalue weighted by Gasteiger charge is -2.43. The lowest BCUT2D eigenvalue weighted by atomic mass is 9.84. The Morgan fingerprint density at radius 2 is 0.776 bits per heavy atom. The molecule has 11 aromatic rings. The standard InChI is InChI=1S/C57H37N/c1-2-12-37(13-3-1)38-26-30-45(31-27-38)58-54(36-55(58)57-49-21-11-7-17-44(49)35-53-47-19-9-5-15-40(47)29-33-51(53)57)41-22-24-42(25-23-41)56-48-20-10-6-16-43(48)34-52-46-18-8-4-14-39(46)28-32-50(52)56/h1-36,55H. The number of fused-ring (bicyclic) bond motifs is 8. The second-order valence-corrected chi connectivity index (χ2v) is 15.6. The zero-order chi connectivity index (χ0) is 38.2. The van der Waals surface area contributed by atoms with Gasteiger partial charge >= 0.3 is 0 Å². The summed E-state index contributed by atoms with van der Waals surface area (Å²) in [5.74, 6) is 0. The van der Waals surface area contributed by atoms with E-state index in [2.05, 4.69) is 223 Å². The number of nitrogens with zero attached hydrogens (tertiary/aromatic N) is 1. The summed E-state index contributed by atoms with van der Waals surface area (Å²) in [6.07, 6.45) is 2.48. The van der Waals surface area contributed by atoms with Crippen molar-refractivity contribution in [2.45, 2.75) is 6.04 Å². The predicted octanol–water partition coefficient (Wildman–Crippen LogP) is 15.5. The van der Waals surface area contributed by atoms with Crippen molar-refractivity contribution in [3.8, 4) is 22.3 Å². The van der Waals surface area contributed by atoms with Crippen LogP contribution >= 0.6 is 0 Å². The summed E-state index contributed by atoms with van der Waals surface area (Å²) in [6.45, 7) is 0. The molecular formula is C57H37N. The highest BCUT2D eigenvalue weighted by molar-refractivity contribution is 6.20. The van der Waals surface area contributed by atoms with E-state index >= 15 is 0 Å². The summed E-state index contributed by atoms with van der Waals surface area (Å²) >= 11 is 0. The van der Waals surface area contributed by atoms with E-state index in [4.69, 9.17) is 0 Å². The lowest BCUT2D eigenvalue weighted by molar-refractivity contribution is 0.812. The molecular weight excluding hydrogens is 699 g/mol. The van der Waals surface area contributed by atoms with Crippen LogP contribution < -0.4 is 4.90 Å². The quantitative estimate of drug-likeness (QED) is 0.126. The highest BCUT2D eigenvalue weighted by atomic mass is 15.2. The van der Waals surface area contributed by atoms with Gasteiger partial charge in [0.2, 0.25) is 0 Å². The maximum atomic E-state index is 2.56. The summed E-state index contributed by atoms with van der Waals surface area (Å²) in [5.41, 5.74) is 9.91. The number of benzene rings is 11. The van der Waals surface area contributed by atoms with Crippen molar-refractivity contribution in [3.05, 3.63) is 230 Å². The molecule has 11 aromatic carbocycles. The van der Waals surface area contributed by atoms with Crippen molar-refractivity contribution in [3.63, 3.8) is 0 Å². The molecule has 0 N–H and O–H groups in total. The van der Waals surface area contributed by atoms with Gasteiger partial charge in [-0.15, -0.1) is 0 Å². The topological polar surface area (TPSA) is 3.24 Å². The summed E-state index contributed by atoms with van der Waals surface area (Å²) < 4.78 is 0. The number of anilines is 1. The minimum Gasteiger partial charge on any atom is -0.330 e. The minimum atomic E-state index is 0.0438. The second kappa shape index (κ2) is 13.0. The molecule has 270 valence electrons. The minimum absolute atomic E-state index is 0.0438. The molecule has 12 rings (SSSR count). The highest BCUT2D eigenvalue weighted by Crippen LogP contribution is 2.50. The van der Waals surface area contributed by atoms with Crippen LogP contribution in [0.1, 0.15) is 17.2 Å². The third kappa shape index (κ3) is 5.10. The van der Waals surface area contributed by atoms with Crippen molar-refractivity contribution in [1.29, 1.82) is 0 Å². The zero-order valence-electron chi connectivity index (χ0n) is 31.8. The largest absolute Gasteiger partial charge is 0.330 e. The van der Waals surface area contributed by atoms with Crippen LogP contribution in [-0.2, 0) is 0 Å². The molecule has 1 atom stereocenters.